The molecule has 2 aromatic rings. The molecule has 0 amide bonds. The molecule has 2 aromatic heterocycles. The molecule has 0 saturated heterocycles. The molecular weight excluding hydrogens is 288 g/mol. The summed E-state index contributed by atoms with van der Waals surface area (Å²) in [6.07, 6.45) is 4.52. The number of carboxylic acids is 1. The van der Waals surface area contributed by atoms with Gasteiger partial charge in [-0.1, -0.05) is 6.92 Å². The zero-order valence-corrected chi connectivity index (χ0v) is 13.0. The Bertz CT molecular complexity index is 775. The first-order chi connectivity index (χ1) is 10.0. The van der Waals surface area contributed by atoms with E-state index in [0.29, 0.717) is 17.6 Å². The highest BCUT2D eigenvalue weighted by Gasteiger charge is 2.26. The van der Waals surface area contributed by atoms with Crippen LogP contribution in [0.2, 0.25) is 0 Å². The number of aromatic nitrogens is 2. The maximum Gasteiger partial charge on any atom is 0.326 e. The molecule has 0 aromatic carbocycles. The van der Waals surface area contributed by atoms with E-state index in [1.165, 1.54) is 9.44 Å². The van der Waals surface area contributed by atoms with Gasteiger partial charge in [0.2, 0.25) is 0 Å². The van der Waals surface area contributed by atoms with E-state index in [0.717, 1.165) is 36.1 Å². The second-order valence-corrected chi connectivity index (χ2v) is 6.57. The summed E-state index contributed by atoms with van der Waals surface area (Å²) in [7, 11) is 0. The summed E-state index contributed by atoms with van der Waals surface area (Å²) < 4.78 is 1.35. The van der Waals surface area contributed by atoms with Gasteiger partial charge in [-0.25, -0.2) is 9.78 Å². The summed E-state index contributed by atoms with van der Waals surface area (Å²) in [5.41, 5.74) is 0.916. The topological polar surface area (TPSA) is 72.2 Å². The lowest BCUT2D eigenvalue weighted by Crippen LogP contribution is -2.32. The molecule has 1 N–H and O–H groups in total. The van der Waals surface area contributed by atoms with Crippen molar-refractivity contribution in [2.75, 3.05) is 0 Å². The number of nitrogens with zero attached hydrogens (tertiary/aromatic N) is 2. The van der Waals surface area contributed by atoms with E-state index in [2.05, 4.69) is 4.98 Å². The van der Waals surface area contributed by atoms with Crippen LogP contribution in [0.5, 0.6) is 0 Å². The van der Waals surface area contributed by atoms with Crippen LogP contribution in [0.1, 0.15) is 48.5 Å². The normalized spacial score (nSPS) is 15.9. The van der Waals surface area contributed by atoms with Crippen LogP contribution in [0.4, 0.5) is 0 Å². The number of rotatable bonds is 3. The highest BCUT2D eigenvalue weighted by atomic mass is 32.1. The second kappa shape index (κ2) is 5.26. The molecule has 3 rings (SSSR count). The van der Waals surface area contributed by atoms with Gasteiger partial charge in [0.05, 0.1) is 5.39 Å². The molecule has 0 bridgehead atoms. The van der Waals surface area contributed by atoms with E-state index in [1.54, 1.807) is 25.2 Å². The van der Waals surface area contributed by atoms with E-state index in [1.807, 2.05) is 0 Å². The predicted molar refractivity (Wildman–Crippen MR) is 82.2 cm³/mol. The monoisotopic (exact) mass is 306 g/mol. The number of carbonyl (C=O) groups is 1. The summed E-state index contributed by atoms with van der Waals surface area (Å²) in [6, 6.07) is -0.839. The average Bonchev–Trinajstić information content (AvgIpc) is 2.80. The fraction of sp³-hybridized carbons (Fsp3) is 0.533. The number of hydrogen-bond donors (Lipinski definition) is 1. The van der Waals surface area contributed by atoms with Gasteiger partial charge in [-0.15, -0.1) is 11.3 Å². The van der Waals surface area contributed by atoms with Crippen molar-refractivity contribution in [3.05, 3.63) is 26.6 Å². The minimum absolute atomic E-state index is 0.189. The van der Waals surface area contributed by atoms with Crippen molar-refractivity contribution in [2.45, 2.75) is 52.0 Å². The minimum Gasteiger partial charge on any atom is -0.480 e. The smallest absolute Gasteiger partial charge is 0.326 e. The van der Waals surface area contributed by atoms with Crippen LogP contribution < -0.4 is 5.56 Å². The average molecular weight is 306 g/mol. The third-order valence-corrected chi connectivity index (χ3v) is 5.37. The van der Waals surface area contributed by atoms with E-state index >= 15 is 0 Å². The summed E-state index contributed by atoms with van der Waals surface area (Å²) in [4.78, 5) is 30.8. The van der Waals surface area contributed by atoms with Crippen molar-refractivity contribution in [3.63, 3.8) is 0 Å². The molecular formula is C15H18N2O3S. The summed E-state index contributed by atoms with van der Waals surface area (Å²) in [5, 5.41) is 10.0. The molecule has 1 aliphatic carbocycles. The van der Waals surface area contributed by atoms with Crippen LogP contribution in [0.25, 0.3) is 10.2 Å². The summed E-state index contributed by atoms with van der Waals surface area (Å²) in [5.74, 6) is -0.492. The quantitative estimate of drug-likeness (QED) is 0.946. The molecule has 0 aliphatic heterocycles. The van der Waals surface area contributed by atoms with Crippen molar-refractivity contribution in [2.24, 2.45) is 0 Å². The molecule has 0 radical (unpaired) electrons. The molecule has 2 heterocycles. The Balaban J connectivity index is 2.32. The molecule has 1 unspecified atom stereocenters. The van der Waals surface area contributed by atoms with Gasteiger partial charge in [-0.3, -0.25) is 9.36 Å². The molecule has 1 aliphatic rings. The number of fused-ring (bicyclic) bond motifs is 3. The Kier molecular flexibility index (Phi) is 3.57. The maximum atomic E-state index is 12.9. The van der Waals surface area contributed by atoms with Crippen LogP contribution >= 0.6 is 11.3 Å². The van der Waals surface area contributed by atoms with Gasteiger partial charge in [0.15, 0.2) is 0 Å². The van der Waals surface area contributed by atoms with Crippen molar-refractivity contribution in [1.82, 2.24) is 9.55 Å². The van der Waals surface area contributed by atoms with Crippen molar-refractivity contribution in [1.29, 1.82) is 0 Å². The highest BCUT2D eigenvalue weighted by Crippen LogP contribution is 2.34. The van der Waals surface area contributed by atoms with Crippen LogP contribution in [0.15, 0.2) is 4.79 Å². The number of hydrogen-bond acceptors (Lipinski definition) is 4. The third kappa shape index (κ3) is 2.18. The third-order valence-electron chi connectivity index (χ3n) is 4.18. The van der Waals surface area contributed by atoms with Gasteiger partial charge < -0.3 is 5.11 Å². The zero-order chi connectivity index (χ0) is 15.1. The van der Waals surface area contributed by atoms with E-state index < -0.39 is 12.0 Å². The number of carboxylic acid groups (broad SMARTS) is 1. The number of thiophene rings is 1. The highest BCUT2D eigenvalue weighted by molar-refractivity contribution is 7.18. The fourth-order valence-electron chi connectivity index (χ4n) is 3.15. The first-order valence-electron chi connectivity index (χ1n) is 7.30. The number of aliphatic carboxylic acids is 1. The lowest BCUT2D eigenvalue weighted by Gasteiger charge is -2.16. The largest absolute Gasteiger partial charge is 0.480 e. The second-order valence-electron chi connectivity index (χ2n) is 5.49. The van der Waals surface area contributed by atoms with E-state index in [9.17, 15) is 14.7 Å². The van der Waals surface area contributed by atoms with Gasteiger partial charge in [0, 0.05) is 4.88 Å². The van der Waals surface area contributed by atoms with Gasteiger partial charge >= 0.3 is 5.97 Å². The maximum absolute atomic E-state index is 12.9. The molecule has 0 spiro atoms. The summed E-state index contributed by atoms with van der Waals surface area (Å²) >= 11 is 1.59. The van der Waals surface area contributed by atoms with Gasteiger partial charge in [-0.05, 0) is 44.6 Å². The first-order valence-corrected chi connectivity index (χ1v) is 8.12. The molecule has 0 fully saturated rings. The molecule has 6 heteroatoms. The van der Waals surface area contributed by atoms with E-state index in [-0.39, 0.29) is 5.56 Å². The minimum atomic E-state index is -0.979. The van der Waals surface area contributed by atoms with Crippen molar-refractivity contribution < 1.29 is 9.90 Å². The molecule has 5 nitrogen and oxygen atoms in total. The SMILES string of the molecule is CCC(C(=O)O)n1c(C)nc2sc3c(c2c1=O)CCCC3. The Morgan fingerprint density at radius 1 is 1.43 bits per heavy atom. The Labute approximate surface area is 126 Å². The van der Waals surface area contributed by atoms with Crippen LogP contribution in [-0.2, 0) is 17.6 Å². The standard InChI is InChI=1S/C15H18N2O3S/c1-3-10(15(19)20)17-8(2)16-13-12(14(17)18)9-6-4-5-7-11(9)21-13/h10H,3-7H2,1-2H3,(H,19,20). The van der Waals surface area contributed by atoms with Crippen LogP contribution in [0.3, 0.4) is 0 Å². The Morgan fingerprint density at radius 3 is 2.81 bits per heavy atom. The number of aryl methyl sites for hydroxylation is 3. The van der Waals surface area contributed by atoms with Crippen LogP contribution in [0, 0.1) is 6.92 Å². The summed E-state index contributed by atoms with van der Waals surface area (Å²) in [6.45, 7) is 3.49. The van der Waals surface area contributed by atoms with Crippen LogP contribution in [-0.4, -0.2) is 20.6 Å². The van der Waals surface area contributed by atoms with Gasteiger partial charge in [-0.2, -0.15) is 0 Å². The Hall–Kier alpha value is -1.69. The lowest BCUT2D eigenvalue weighted by atomic mass is 9.97. The Morgan fingerprint density at radius 2 is 2.14 bits per heavy atom. The first kappa shape index (κ1) is 14.3. The zero-order valence-electron chi connectivity index (χ0n) is 12.2. The molecule has 0 saturated carbocycles. The van der Waals surface area contributed by atoms with Crippen molar-refractivity contribution >= 4 is 27.5 Å². The fourth-order valence-corrected chi connectivity index (χ4v) is 4.45. The molecule has 112 valence electrons. The molecule has 21 heavy (non-hydrogen) atoms. The lowest BCUT2D eigenvalue weighted by molar-refractivity contribution is -0.141. The van der Waals surface area contributed by atoms with Crippen molar-refractivity contribution in [3.8, 4) is 0 Å². The molecule has 1 atom stereocenters. The van der Waals surface area contributed by atoms with Gasteiger partial charge in [0.1, 0.15) is 16.7 Å². The van der Waals surface area contributed by atoms with Gasteiger partial charge in [0.25, 0.3) is 5.56 Å². The van der Waals surface area contributed by atoms with E-state index in [4.69, 9.17) is 0 Å². The predicted octanol–water partition coefficient (Wildman–Crippen LogP) is 2.68.